The molecule has 0 bridgehead atoms. The van der Waals surface area contributed by atoms with Gasteiger partial charge in [0.15, 0.2) is 0 Å². The Hall–Kier alpha value is -1.07. The molecule has 4 nitrogen and oxygen atoms in total. The van der Waals surface area contributed by atoms with Crippen molar-refractivity contribution in [1.29, 1.82) is 0 Å². The molecular formula is C15H20BrNO3. The van der Waals surface area contributed by atoms with Crippen molar-refractivity contribution in [2.45, 2.75) is 39.2 Å². The van der Waals surface area contributed by atoms with Crippen LogP contribution >= 0.6 is 15.9 Å². The van der Waals surface area contributed by atoms with Crippen LogP contribution in [-0.4, -0.2) is 17.7 Å². The van der Waals surface area contributed by atoms with E-state index in [1.807, 2.05) is 19.9 Å². The fourth-order valence-electron chi connectivity index (χ4n) is 2.76. The van der Waals surface area contributed by atoms with Crippen molar-refractivity contribution in [2.75, 3.05) is 6.61 Å². The summed E-state index contributed by atoms with van der Waals surface area (Å²) in [5, 5.41) is 8.96. The maximum atomic E-state index is 10.9. The third-order valence-corrected chi connectivity index (χ3v) is 4.04. The molecule has 110 valence electrons. The van der Waals surface area contributed by atoms with Crippen molar-refractivity contribution >= 4 is 21.9 Å². The number of ether oxygens (including phenoxy) is 1. The number of hydrogen-bond donors (Lipinski definition) is 2. The average molecular weight is 342 g/mol. The molecule has 0 saturated heterocycles. The highest BCUT2D eigenvalue weighted by atomic mass is 79.9. The lowest BCUT2D eigenvalue weighted by Gasteiger charge is -2.27. The topological polar surface area (TPSA) is 72.5 Å². The summed E-state index contributed by atoms with van der Waals surface area (Å²) in [6.07, 6.45) is 1.61. The van der Waals surface area contributed by atoms with Gasteiger partial charge in [-0.25, -0.2) is 0 Å². The van der Waals surface area contributed by atoms with Crippen LogP contribution in [-0.2, 0) is 11.2 Å². The first-order valence-corrected chi connectivity index (χ1v) is 7.50. The van der Waals surface area contributed by atoms with Gasteiger partial charge in [-0.3, -0.25) is 4.79 Å². The van der Waals surface area contributed by atoms with Crippen molar-refractivity contribution in [3.63, 3.8) is 0 Å². The van der Waals surface area contributed by atoms with Gasteiger partial charge in [0.1, 0.15) is 5.75 Å². The molecule has 1 unspecified atom stereocenters. The number of hydrogen-bond acceptors (Lipinski definition) is 3. The number of carboxylic acids is 1. The minimum absolute atomic E-state index is 0.109. The van der Waals surface area contributed by atoms with Crippen molar-refractivity contribution in [1.82, 2.24) is 0 Å². The second-order valence-corrected chi connectivity index (χ2v) is 7.04. The summed E-state index contributed by atoms with van der Waals surface area (Å²) in [7, 11) is 0. The smallest absolute Gasteiger partial charge is 0.303 e. The number of benzene rings is 1. The van der Waals surface area contributed by atoms with Gasteiger partial charge in [0.25, 0.3) is 0 Å². The van der Waals surface area contributed by atoms with Crippen LogP contribution in [0.25, 0.3) is 0 Å². The second kappa shape index (κ2) is 5.74. The molecule has 0 aliphatic carbocycles. The van der Waals surface area contributed by atoms with E-state index < -0.39 is 5.97 Å². The van der Waals surface area contributed by atoms with E-state index in [-0.39, 0.29) is 17.9 Å². The summed E-state index contributed by atoms with van der Waals surface area (Å²) >= 11 is 3.50. The zero-order chi connectivity index (χ0) is 14.9. The van der Waals surface area contributed by atoms with Gasteiger partial charge in [0.2, 0.25) is 0 Å². The first kappa shape index (κ1) is 15.3. The molecule has 1 aromatic carbocycles. The maximum Gasteiger partial charge on any atom is 0.303 e. The monoisotopic (exact) mass is 341 g/mol. The van der Waals surface area contributed by atoms with E-state index >= 15 is 0 Å². The number of nitrogens with two attached hydrogens (primary N) is 1. The molecule has 1 aromatic rings. The molecule has 1 heterocycles. The van der Waals surface area contributed by atoms with Gasteiger partial charge in [0.05, 0.1) is 13.0 Å². The minimum Gasteiger partial charge on any atom is -0.493 e. The molecule has 5 heteroatoms. The highest BCUT2D eigenvalue weighted by molar-refractivity contribution is 9.10. The van der Waals surface area contributed by atoms with Crippen LogP contribution in [0.15, 0.2) is 16.6 Å². The number of rotatable bonds is 5. The number of aliphatic carboxylic acids is 1. The van der Waals surface area contributed by atoms with Gasteiger partial charge >= 0.3 is 5.97 Å². The van der Waals surface area contributed by atoms with Crippen molar-refractivity contribution in [3.8, 4) is 5.75 Å². The van der Waals surface area contributed by atoms with Crippen molar-refractivity contribution < 1.29 is 14.6 Å². The highest BCUT2D eigenvalue weighted by Gasteiger charge is 2.28. The highest BCUT2D eigenvalue weighted by Crippen LogP contribution is 2.40. The van der Waals surface area contributed by atoms with E-state index in [0.717, 1.165) is 22.2 Å². The Morgan fingerprint density at radius 2 is 2.25 bits per heavy atom. The van der Waals surface area contributed by atoms with Crippen LogP contribution in [0.1, 0.15) is 43.9 Å². The van der Waals surface area contributed by atoms with Gasteiger partial charge in [-0.15, -0.1) is 0 Å². The van der Waals surface area contributed by atoms with E-state index in [2.05, 4.69) is 22.0 Å². The summed E-state index contributed by atoms with van der Waals surface area (Å²) in [4.78, 5) is 10.9. The van der Waals surface area contributed by atoms with E-state index in [1.165, 1.54) is 5.56 Å². The first-order valence-electron chi connectivity index (χ1n) is 6.71. The number of carbonyl (C=O) groups is 1. The molecule has 1 atom stereocenters. The lowest BCUT2D eigenvalue weighted by atomic mass is 9.81. The van der Waals surface area contributed by atoms with Crippen LogP contribution in [0, 0.1) is 5.41 Å². The first-order chi connectivity index (χ1) is 9.28. The molecule has 0 aromatic heterocycles. The minimum atomic E-state index is -0.794. The molecular weight excluding hydrogens is 322 g/mol. The van der Waals surface area contributed by atoms with Gasteiger partial charge in [-0.1, -0.05) is 29.8 Å². The molecule has 3 N–H and O–H groups in total. The van der Waals surface area contributed by atoms with Crippen LogP contribution in [0.5, 0.6) is 5.75 Å². The third-order valence-electron chi connectivity index (χ3n) is 3.58. The quantitative estimate of drug-likeness (QED) is 0.861. The predicted molar refractivity (Wildman–Crippen MR) is 80.9 cm³/mol. The average Bonchev–Trinajstić information content (AvgIpc) is 2.72. The molecule has 0 radical (unpaired) electrons. The lowest BCUT2D eigenvalue weighted by molar-refractivity contribution is -0.139. The van der Waals surface area contributed by atoms with Gasteiger partial charge in [-0.05, 0) is 29.5 Å². The Morgan fingerprint density at radius 1 is 1.55 bits per heavy atom. The molecule has 0 spiro atoms. The SMILES string of the molecule is CC(C)(CC(=O)O)CC(N)c1cc(Br)cc2c1OCC2. The Bertz CT molecular complexity index is 528. The van der Waals surface area contributed by atoms with Gasteiger partial charge in [-0.2, -0.15) is 0 Å². The molecule has 1 aliphatic heterocycles. The van der Waals surface area contributed by atoms with Crippen LogP contribution < -0.4 is 10.5 Å². The van der Waals surface area contributed by atoms with Gasteiger partial charge < -0.3 is 15.6 Å². The van der Waals surface area contributed by atoms with Crippen LogP contribution in [0.3, 0.4) is 0 Å². The molecule has 0 fully saturated rings. The van der Waals surface area contributed by atoms with E-state index in [0.29, 0.717) is 13.0 Å². The summed E-state index contributed by atoms with van der Waals surface area (Å²) in [5.41, 5.74) is 8.09. The van der Waals surface area contributed by atoms with Crippen molar-refractivity contribution in [2.24, 2.45) is 11.1 Å². The molecule has 0 saturated carbocycles. The zero-order valence-electron chi connectivity index (χ0n) is 11.8. The van der Waals surface area contributed by atoms with Crippen LogP contribution in [0.4, 0.5) is 0 Å². The molecule has 2 rings (SSSR count). The Kier molecular flexibility index (Phi) is 4.39. The van der Waals surface area contributed by atoms with Crippen molar-refractivity contribution in [3.05, 3.63) is 27.7 Å². The van der Waals surface area contributed by atoms with E-state index in [9.17, 15) is 4.79 Å². The summed E-state index contributed by atoms with van der Waals surface area (Å²) < 4.78 is 6.67. The molecule has 20 heavy (non-hydrogen) atoms. The predicted octanol–water partition coefficient (Wildman–Crippen LogP) is 3.27. The van der Waals surface area contributed by atoms with E-state index in [4.69, 9.17) is 15.6 Å². The summed E-state index contributed by atoms with van der Waals surface area (Å²) in [6.45, 7) is 4.55. The number of halogens is 1. The Balaban J connectivity index is 2.22. The Morgan fingerprint density at radius 3 is 2.90 bits per heavy atom. The third kappa shape index (κ3) is 3.52. The Labute approximate surface area is 127 Å². The summed E-state index contributed by atoms with van der Waals surface area (Å²) in [5.74, 6) is 0.0877. The number of carboxylic acid groups (broad SMARTS) is 1. The molecule has 0 amide bonds. The largest absolute Gasteiger partial charge is 0.493 e. The fraction of sp³-hybridized carbons (Fsp3) is 0.533. The second-order valence-electron chi connectivity index (χ2n) is 6.13. The normalized spacial score (nSPS) is 15.6. The maximum absolute atomic E-state index is 10.9. The van der Waals surface area contributed by atoms with Gasteiger partial charge in [0, 0.05) is 22.5 Å². The van der Waals surface area contributed by atoms with Crippen LogP contribution in [0.2, 0.25) is 0 Å². The van der Waals surface area contributed by atoms with E-state index in [1.54, 1.807) is 0 Å². The standard InChI is InChI=1S/C15H20BrNO3/c1-15(2,8-13(18)19)7-12(17)11-6-10(16)5-9-3-4-20-14(9)11/h5-6,12H,3-4,7-8,17H2,1-2H3,(H,18,19). The summed E-state index contributed by atoms with van der Waals surface area (Å²) in [6, 6.07) is 3.81. The zero-order valence-corrected chi connectivity index (χ0v) is 13.4. The lowest BCUT2D eigenvalue weighted by Crippen LogP contribution is -2.24. The molecule has 1 aliphatic rings. The fourth-order valence-corrected chi connectivity index (χ4v) is 3.28. The number of fused-ring (bicyclic) bond motifs is 1.